The number of fused-ring (bicyclic) bond motifs is 2. The predicted octanol–water partition coefficient (Wildman–Crippen LogP) is 4.43. The van der Waals surface area contributed by atoms with Crippen LogP contribution in [0.3, 0.4) is 0 Å². The molecular weight excluding hydrogens is 440 g/mol. The molecule has 0 saturated heterocycles. The highest BCUT2D eigenvalue weighted by Gasteiger charge is 2.49. The minimum atomic E-state index is -2.87. The first kappa shape index (κ1) is 21.0. The van der Waals surface area contributed by atoms with Gasteiger partial charge in [-0.2, -0.15) is 9.61 Å². The molecule has 4 aromatic rings. The van der Waals surface area contributed by atoms with Gasteiger partial charge in [0.05, 0.1) is 17.9 Å². The maximum Gasteiger partial charge on any atom is 0.267 e. The van der Waals surface area contributed by atoms with E-state index < -0.39 is 17.9 Å². The monoisotopic (exact) mass is 465 g/mol. The van der Waals surface area contributed by atoms with Crippen LogP contribution in [0.2, 0.25) is 0 Å². The molecule has 0 unspecified atom stereocenters. The van der Waals surface area contributed by atoms with Crippen LogP contribution in [-0.4, -0.2) is 49.1 Å². The number of nitrogens with one attached hydrogen (secondary N) is 2. The predicted molar refractivity (Wildman–Crippen MR) is 124 cm³/mol. The van der Waals surface area contributed by atoms with Gasteiger partial charge >= 0.3 is 0 Å². The third-order valence-corrected chi connectivity index (χ3v) is 7.14. The molecule has 2 fully saturated rings. The number of hydrogen-bond acceptors (Lipinski definition) is 5. The standard InChI is InChI=1S/C24H25F2N7O/c1-27-20-11-18(17-13-32(14-5-2-3-6-14)21-15(17)7-4-10-28-21)30-22-16(12-29-33(20)22)23(34)31-19-8-9-24(19,25)26/h4,7,10-14,19,27H,2-3,5-6,8-9H2,1H3,(H,31,34)/t19-/m1/s1. The average Bonchev–Trinajstić information content (AvgIpc) is 3.59. The van der Waals surface area contributed by atoms with Crippen LogP contribution in [0.5, 0.6) is 0 Å². The average molecular weight is 466 g/mol. The second kappa shape index (κ2) is 7.75. The smallest absolute Gasteiger partial charge is 0.267 e. The van der Waals surface area contributed by atoms with Gasteiger partial charge in [0.15, 0.2) is 5.65 Å². The fraction of sp³-hybridized carbons (Fsp3) is 0.417. The zero-order valence-electron chi connectivity index (χ0n) is 18.8. The molecule has 2 saturated carbocycles. The van der Waals surface area contributed by atoms with Gasteiger partial charge in [-0.25, -0.2) is 18.7 Å². The van der Waals surface area contributed by atoms with E-state index in [0.717, 1.165) is 29.4 Å². The molecule has 1 amide bonds. The highest BCUT2D eigenvalue weighted by atomic mass is 19.3. The first-order chi connectivity index (χ1) is 16.5. The van der Waals surface area contributed by atoms with Crippen molar-refractivity contribution in [2.45, 2.75) is 56.5 Å². The summed E-state index contributed by atoms with van der Waals surface area (Å²) in [4.78, 5) is 22.3. The number of halogens is 2. The molecule has 6 rings (SSSR count). The summed E-state index contributed by atoms with van der Waals surface area (Å²) in [5, 5.41) is 10.8. The van der Waals surface area contributed by atoms with Gasteiger partial charge in [-0.05, 0) is 31.4 Å². The van der Waals surface area contributed by atoms with E-state index in [4.69, 9.17) is 4.98 Å². The topological polar surface area (TPSA) is 89.1 Å². The van der Waals surface area contributed by atoms with E-state index in [1.54, 1.807) is 13.2 Å². The van der Waals surface area contributed by atoms with Crippen LogP contribution in [-0.2, 0) is 0 Å². The van der Waals surface area contributed by atoms with Crippen LogP contribution < -0.4 is 10.6 Å². The Morgan fingerprint density at radius 1 is 1.21 bits per heavy atom. The Kier molecular flexibility index (Phi) is 4.79. The van der Waals surface area contributed by atoms with Crippen molar-refractivity contribution in [1.29, 1.82) is 0 Å². The van der Waals surface area contributed by atoms with E-state index in [-0.39, 0.29) is 18.4 Å². The first-order valence-electron chi connectivity index (χ1n) is 11.7. The van der Waals surface area contributed by atoms with Crippen molar-refractivity contribution in [2.24, 2.45) is 0 Å². The molecule has 4 heterocycles. The maximum atomic E-state index is 13.7. The van der Waals surface area contributed by atoms with E-state index in [0.29, 0.717) is 23.2 Å². The molecular formula is C24H25F2N7O. The van der Waals surface area contributed by atoms with Crippen LogP contribution in [0, 0.1) is 0 Å². The molecule has 176 valence electrons. The summed E-state index contributed by atoms with van der Waals surface area (Å²) >= 11 is 0. The van der Waals surface area contributed by atoms with Gasteiger partial charge in [0.1, 0.15) is 17.0 Å². The summed E-state index contributed by atoms with van der Waals surface area (Å²) in [6.07, 6.45) is 9.95. The molecule has 0 aromatic carbocycles. The summed E-state index contributed by atoms with van der Waals surface area (Å²) in [6.45, 7) is 0. The first-order valence-corrected chi connectivity index (χ1v) is 11.7. The lowest BCUT2D eigenvalue weighted by atomic mass is 9.88. The maximum absolute atomic E-state index is 13.7. The van der Waals surface area contributed by atoms with Gasteiger partial charge in [0, 0.05) is 48.9 Å². The highest BCUT2D eigenvalue weighted by molar-refractivity contribution is 6.01. The number of rotatable bonds is 5. The Morgan fingerprint density at radius 2 is 2.03 bits per heavy atom. The largest absolute Gasteiger partial charge is 0.373 e. The molecule has 10 heteroatoms. The van der Waals surface area contributed by atoms with Gasteiger partial charge in [-0.1, -0.05) is 12.8 Å². The fourth-order valence-corrected chi connectivity index (χ4v) is 5.11. The Bertz CT molecular complexity index is 1400. The van der Waals surface area contributed by atoms with E-state index in [2.05, 4.69) is 31.5 Å². The minimum absolute atomic E-state index is 0.165. The third kappa shape index (κ3) is 3.23. The molecule has 0 radical (unpaired) electrons. The molecule has 0 spiro atoms. The van der Waals surface area contributed by atoms with E-state index in [1.807, 2.05) is 18.2 Å². The summed E-state index contributed by atoms with van der Waals surface area (Å²) < 4.78 is 31.2. The van der Waals surface area contributed by atoms with Crippen LogP contribution in [0.4, 0.5) is 14.6 Å². The van der Waals surface area contributed by atoms with Crippen LogP contribution in [0.1, 0.15) is 54.9 Å². The normalized spacial score (nSPS) is 20.0. The Hall–Kier alpha value is -3.56. The van der Waals surface area contributed by atoms with Gasteiger partial charge in [-0.3, -0.25) is 4.79 Å². The number of anilines is 1. The van der Waals surface area contributed by atoms with Crippen LogP contribution in [0.15, 0.2) is 36.8 Å². The molecule has 1 atom stereocenters. The quantitative estimate of drug-likeness (QED) is 0.455. The van der Waals surface area contributed by atoms with Crippen molar-refractivity contribution >= 4 is 28.4 Å². The number of hydrogen-bond donors (Lipinski definition) is 2. The lowest BCUT2D eigenvalue weighted by Gasteiger charge is -2.36. The molecule has 0 aliphatic heterocycles. The number of aromatic nitrogens is 5. The number of alkyl halides is 2. The van der Waals surface area contributed by atoms with Crippen molar-refractivity contribution < 1.29 is 13.6 Å². The number of nitrogens with zero attached hydrogens (tertiary/aromatic N) is 5. The fourth-order valence-electron chi connectivity index (χ4n) is 5.11. The zero-order valence-corrected chi connectivity index (χ0v) is 18.8. The van der Waals surface area contributed by atoms with Gasteiger partial charge in [0.25, 0.3) is 11.8 Å². The highest BCUT2D eigenvalue weighted by Crippen LogP contribution is 2.39. The number of pyridine rings is 1. The molecule has 34 heavy (non-hydrogen) atoms. The third-order valence-electron chi connectivity index (χ3n) is 7.14. The van der Waals surface area contributed by atoms with Crippen molar-refractivity contribution in [3.63, 3.8) is 0 Å². The van der Waals surface area contributed by atoms with Crippen molar-refractivity contribution in [3.8, 4) is 11.3 Å². The zero-order chi connectivity index (χ0) is 23.4. The molecule has 2 aliphatic carbocycles. The summed E-state index contributed by atoms with van der Waals surface area (Å²) in [5.41, 5.74) is 2.96. The Morgan fingerprint density at radius 3 is 2.74 bits per heavy atom. The molecule has 2 N–H and O–H groups in total. The van der Waals surface area contributed by atoms with Crippen LogP contribution in [0.25, 0.3) is 27.9 Å². The second-order valence-electron chi connectivity index (χ2n) is 9.16. The van der Waals surface area contributed by atoms with E-state index >= 15 is 0 Å². The lowest BCUT2D eigenvalue weighted by molar-refractivity contribution is -0.102. The molecule has 8 nitrogen and oxygen atoms in total. The minimum Gasteiger partial charge on any atom is -0.373 e. The van der Waals surface area contributed by atoms with Crippen molar-refractivity contribution in [3.05, 3.63) is 42.4 Å². The van der Waals surface area contributed by atoms with Crippen molar-refractivity contribution in [2.75, 3.05) is 12.4 Å². The van der Waals surface area contributed by atoms with Gasteiger partial charge < -0.3 is 15.2 Å². The number of amides is 1. The van der Waals surface area contributed by atoms with Gasteiger partial charge in [-0.15, -0.1) is 0 Å². The van der Waals surface area contributed by atoms with E-state index in [1.165, 1.54) is 23.6 Å². The van der Waals surface area contributed by atoms with Crippen molar-refractivity contribution in [1.82, 2.24) is 29.5 Å². The molecule has 0 bridgehead atoms. The molecule has 2 aliphatic rings. The summed E-state index contributed by atoms with van der Waals surface area (Å²) in [6, 6.07) is 5.05. The SMILES string of the molecule is CNc1cc(-c2cn(C3CCCC3)c3ncccc23)nc2c(C(=O)N[C@@H]3CCC3(F)F)cnn12. The van der Waals surface area contributed by atoms with Crippen LogP contribution >= 0.6 is 0 Å². The Labute approximate surface area is 194 Å². The second-order valence-corrected chi connectivity index (χ2v) is 9.16. The Balaban J connectivity index is 1.46. The summed E-state index contributed by atoms with van der Waals surface area (Å²) in [5.74, 6) is -2.83. The number of carbonyl (C=O) groups is 1. The van der Waals surface area contributed by atoms with E-state index in [9.17, 15) is 13.6 Å². The molecule has 4 aromatic heterocycles. The number of carbonyl (C=O) groups excluding carboxylic acids is 1. The lowest BCUT2D eigenvalue weighted by Crippen LogP contribution is -2.55. The van der Waals surface area contributed by atoms with Gasteiger partial charge in [0.2, 0.25) is 0 Å². The summed E-state index contributed by atoms with van der Waals surface area (Å²) in [7, 11) is 1.76.